The van der Waals surface area contributed by atoms with Crippen LogP contribution in [-0.2, 0) is 14.8 Å². The second-order valence-corrected chi connectivity index (χ2v) is 6.95. The molecule has 1 rings (SSSR count). The highest BCUT2D eigenvalue weighted by molar-refractivity contribution is 9.10. The van der Waals surface area contributed by atoms with Crippen LogP contribution in [-0.4, -0.2) is 39.8 Å². The third-order valence-electron chi connectivity index (χ3n) is 2.54. The van der Waals surface area contributed by atoms with Crippen molar-refractivity contribution in [3.63, 3.8) is 0 Å². The molecular formula is C12H16BrNO5S. The van der Waals surface area contributed by atoms with Gasteiger partial charge in [0.1, 0.15) is 0 Å². The molecule has 0 aliphatic rings. The van der Waals surface area contributed by atoms with Crippen molar-refractivity contribution in [3.8, 4) is 0 Å². The van der Waals surface area contributed by atoms with Crippen LogP contribution in [0.4, 0.5) is 0 Å². The quantitative estimate of drug-likeness (QED) is 0.767. The van der Waals surface area contributed by atoms with E-state index < -0.39 is 16.0 Å². The van der Waals surface area contributed by atoms with E-state index in [2.05, 4.69) is 20.7 Å². The Morgan fingerprint density at radius 1 is 1.50 bits per heavy atom. The lowest BCUT2D eigenvalue weighted by molar-refractivity contribution is 0.0696. The number of hydrogen-bond donors (Lipinski definition) is 2. The fourth-order valence-electron chi connectivity index (χ4n) is 1.52. The first-order chi connectivity index (χ1) is 9.27. The summed E-state index contributed by atoms with van der Waals surface area (Å²) in [6.45, 7) is 2.48. The number of benzene rings is 1. The van der Waals surface area contributed by atoms with Crippen LogP contribution in [0.25, 0.3) is 0 Å². The molecule has 1 aromatic carbocycles. The van der Waals surface area contributed by atoms with Crippen molar-refractivity contribution in [2.75, 3.05) is 20.3 Å². The number of halogens is 1. The second kappa shape index (κ2) is 7.16. The topological polar surface area (TPSA) is 92.7 Å². The molecule has 0 bridgehead atoms. The molecule has 0 fully saturated rings. The van der Waals surface area contributed by atoms with Crippen molar-refractivity contribution in [2.24, 2.45) is 5.92 Å². The average molecular weight is 366 g/mol. The van der Waals surface area contributed by atoms with Gasteiger partial charge in [0.05, 0.1) is 10.5 Å². The fourth-order valence-corrected chi connectivity index (χ4v) is 3.67. The third kappa shape index (κ3) is 4.55. The van der Waals surface area contributed by atoms with Gasteiger partial charge >= 0.3 is 5.97 Å². The lowest BCUT2D eigenvalue weighted by Gasteiger charge is -2.13. The van der Waals surface area contributed by atoms with E-state index in [9.17, 15) is 13.2 Å². The molecule has 0 saturated heterocycles. The van der Waals surface area contributed by atoms with Gasteiger partial charge in [-0.1, -0.05) is 6.92 Å². The number of ether oxygens (including phenoxy) is 1. The van der Waals surface area contributed by atoms with E-state index in [-0.39, 0.29) is 22.9 Å². The third-order valence-corrected chi connectivity index (χ3v) is 4.96. The maximum absolute atomic E-state index is 12.2. The molecule has 6 nitrogen and oxygen atoms in total. The highest BCUT2D eigenvalue weighted by Gasteiger charge is 2.20. The molecule has 0 heterocycles. The molecule has 0 spiro atoms. The van der Waals surface area contributed by atoms with E-state index in [1.807, 2.05) is 6.92 Å². The van der Waals surface area contributed by atoms with Crippen LogP contribution in [0.15, 0.2) is 27.6 Å². The number of hydrogen-bond acceptors (Lipinski definition) is 4. The molecule has 0 amide bonds. The number of methoxy groups -OCH3 is 1. The van der Waals surface area contributed by atoms with Gasteiger partial charge < -0.3 is 9.84 Å². The van der Waals surface area contributed by atoms with Gasteiger partial charge in [-0.05, 0) is 40.0 Å². The summed E-state index contributed by atoms with van der Waals surface area (Å²) in [5.74, 6) is -1.17. The first kappa shape index (κ1) is 17.1. The monoisotopic (exact) mass is 365 g/mol. The molecule has 0 aliphatic heterocycles. The van der Waals surface area contributed by atoms with E-state index in [1.54, 1.807) is 0 Å². The lowest BCUT2D eigenvalue weighted by Crippen LogP contribution is -2.30. The minimum Gasteiger partial charge on any atom is -0.478 e. The Morgan fingerprint density at radius 3 is 2.70 bits per heavy atom. The SMILES string of the molecule is COCC(C)CNS(=O)(=O)c1cc(C(=O)O)ccc1Br. The maximum atomic E-state index is 12.2. The van der Waals surface area contributed by atoms with Gasteiger partial charge in [-0.2, -0.15) is 0 Å². The highest BCUT2D eigenvalue weighted by atomic mass is 79.9. The fraction of sp³-hybridized carbons (Fsp3) is 0.417. The second-order valence-electron chi connectivity index (χ2n) is 4.36. The maximum Gasteiger partial charge on any atom is 0.335 e. The number of carbonyl (C=O) groups is 1. The predicted molar refractivity (Wildman–Crippen MR) is 77.3 cm³/mol. The van der Waals surface area contributed by atoms with Crippen LogP contribution in [0, 0.1) is 5.92 Å². The molecular weight excluding hydrogens is 350 g/mol. The minimum atomic E-state index is -3.78. The molecule has 0 aromatic heterocycles. The Kier molecular flexibility index (Phi) is 6.12. The van der Waals surface area contributed by atoms with Crippen molar-refractivity contribution in [1.29, 1.82) is 0 Å². The summed E-state index contributed by atoms with van der Waals surface area (Å²) in [5, 5.41) is 8.91. The molecule has 0 radical (unpaired) electrons. The Balaban J connectivity index is 2.97. The van der Waals surface area contributed by atoms with Gasteiger partial charge in [0.25, 0.3) is 0 Å². The first-order valence-corrected chi connectivity index (χ1v) is 8.07. The molecule has 1 unspecified atom stereocenters. The number of aromatic carboxylic acids is 1. The Hall–Kier alpha value is -0.960. The number of sulfonamides is 1. The summed E-state index contributed by atoms with van der Waals surface area (Å²) in [6.07, 6.45) is 0. The largest absolute Gasteiger partial charge is 0.478 e. The summed E-state index contributed by atoms with van der Waals surface area (Å²) < 4.78 is 32.0. The minimum absolute atomic E-state index is 0.0104. The summed E-state index contributed by atoms with van der Waals surface area (Å²) >= 11 is 3.12. The Morgan fingerprint density at radius 2 is 2.15 bits per heavy atom. The van der Waals surface area contributed by atoms with Crippen molar-refractivity contribution in [3.05, 3.63) is 28.2 Å². The van der Waals surface area contributed by atoms with Crippen LogP contribution >= 0.6 is 15.9 Å². The van der Waals surface area contributed by atoms with Gasteiger partial charge in [-0.15, -0.1) is 0 Å². The number of carboxylic acids is 1. The molecule has 1 atom stereocenters. The Bertz CT molecular complexity index is 588. The lowest BCUT2D eigenvalue weighted by atomic mass is 10.2. The van der Waals surface area contributed by atoms with Crippen molar-refractivity contribution < 1.29 is 23.1 Å². The van der Waals surface area contributed by atoms with E-state index in [1.165, 1.54) is 19.2 Å². The summed E-state index contributed by atoms with van der Waals surface area (Å²) in [5.41, 5.74) is -0.0847. The van der Waals surface area contributed by atoms with Crippen LogP contribution in [0.2, 0.25) is 0 Å². The number of carboxylic acid groups (broad SMARTS) is 1. The zero-order valence-corrected chi connectivity index (χ0v) is 13.5. The molecule has 2 N–H and O–H groups in total. The standard InChI is InChI=1S/C12H16BrNO5S/c1-8(7-19-2)6-14-20(17,18)11-5-9(12(15)16)3-4-10(11)13/h3-5,8,14H,6-7H2,1-2H3,(H,15,16). The van der Waals surface area contributed by atoms with E-state index in [0.29, 0.717) is 11.1 Å². The van der Waals surface area contributed by atoms with E-state index >= 15 is 0 Å². The van der Waals surface area contributed by atoms with Gasteiger partial charge in [0.2, 0.25) is 10.0 Å². The first-order valence-electron chi connectivity index (χ1n) is 5.79. The zero-order valence-electron chi connectivity index (χ0n) is 11.1. The molecule has 0 saturated carbocycles. The van der Waals surface area contributed by atoms with Gasteiger partial charge in [-0.25, -0.2) is 17.9 Å². The summed E-state index contributed by atoms with van der Waals surface area (Å²) in [4.78, 5) is 10.8. The van der Waals surface area contributed by atoms with E-state index in [0.717, 1.165) is 6.07 Å². The number of rotatable bonds is 7. The molecule has 112 valence electrons. The average Bonchev–Trinajstić information content (AvgIpc) is 2.37. The van der Waals surface area contributed by atoms with Gasteiger partial charge in [0, 0.05) is 24.7 Å². The normalized spacial score (nSPS) is 13.2. The zero-order chi connectivity index (χ0) is 15.3. The molecule has 1 aromatic rings. The van der Waals surface area contributed by atoms with Crippen LogP contribution in [0.5, 0.6) is 0 Å². The summed E-state index contributed by atoms with van der Waals surface area (Å²) in [6, 6.07) is 3.85. The van der Waals surface area contributed by atoms with Crippen molar-refractivity contribution in [2.45, 2.75) is 11.8 Å². The number of nitrogens with one attached hydrogen (secondary N) is 1. The Labute approximate surface area is 126 Å². The van der Waals surface area contributed by atoms with Crippen LogP contribution in [0.1, 0.15) is 17.3 Å². The van der Waals surface area contributed by atoms with Crippen LogP contribution < -0.4 is 4.72 Å². The predicted octanol–water partition coefficient (Wildman–Crippen LogP) is 1.71. The van der Waals surface area contributed by atoms with Crippen LogP contribution in [0.3, 0.4) is 0 Å². The van der Waals surface area contributed by atoms with Gasteiger partial charge in [-0.3, -0.25) is 0 Å². The van der Waals surface area contributed by atoms with Crippen molar-refractivity contribution >= 4 is 31.9 Å². The van der Waals surface area contributed by atoms with Gasteiger partial charge in [0.15, 0.2) is 0 Å². The molecule has 0 aliphatic carbocycles. The highest BCUT2D eigenvalue weighted by Crippen LogP contribution is 2.23. The molecule has 8 heteroatoms. The van der Waals surface area contributed by atoms with Crippen molar-refractivity contribution in [1.82, 2.24) is 4.72 Å². The smallest absolute Gasteiger partial charge is 0.335 e. The summed E-state index contributed by atoms with van der Waals surface area (Å²) in [7, 11) is -2.24. The molecule has 20 heavy (non-hydrogen) atoms. The van der Waals surface area contributed by atoms with E-state index in [4.69, 9.17) is 9.84 Å².